The largest absolute Gasteiger partial charge is 0.507 e. The lowest BCUT2D eigenvalue weighted by Crippen LogP contribution is -2.08. The van der Waals surface area contributed by atoms with Crippen LogP contribution < -0.4 is 0 Å². The predicted molar refractivity (Wildman–Crippen MR) is 49.1 cm³/mol. The van der Waals surface area contributed by atoms with Gasteiger partial charge in [-0.3, -0.25) is 0 Å². The molecular weight excluding hydrogens is 220 g/mol. The molecule has 0 fully saturated rings. The summed E-state index contributed by atoms with van der Waals surface area (Å²) in [6, 6.07) is 3.54. The van der Waals surface area contributed by atoms with Crippen LogP contribution in [0, 0.1) is 11.3 Å². The van der Waals surface area contributed by atoms with Crippen LogP contribution in [0.15, 0.2) is 12.1 Å². The molecule has 4 nitrogen and oxygen atoms in total. The molecule has 0 amide bonds. The molecule has 0 saturated carbocycles. The Balaban J connectivity index is 3.56. The Morgan fingerprint density at radius 1 is 1.56 bits per heavy atom. The van der Waals surface area contributed by atoms with Gasteiger partial charge in [-0.05, 0) is 12.1 Å². The van der Waals surface area contributed by atoms with Gasteiger partial charge in [0.05, 0.1) is 24.3 Å². The van der Waals surface area contributed by atoms with E-state index in [2.05, 4.69) is 4.74 Å². The number of aromatic hydroxyl groups is 1. The zero-order valence-corrected chi connectivity index (χ0v) is 8.20. The van der Waals surface area contributed by atoms with Gasteiger partial charge in [-0.15, -0.1) is 0 Å². The van der Waals surface area contributed by atoms with Gasteiger partial charge in [0.1, 0.15) is 11.3 Å². The number of alkyl halides is 2. The molecule has 1 N–H and O–H groups in total. The fraction of sp³-hybridized carbons (Fsp3) is 0.200. The van der Waals surface area contributed by atoms with Gasteiger partial charge in [-0.25, -0.2) is 13.6 Å². The number of phenolic OH excluding ortho intramolecular Hbond substituents is 1. The predicted octanol–water partition coefficient (Wildman–Crippen LogP) is 1.99. The maximum Gasteiger partial charge on any atom is 0.342 e. The Hall–Kier alpha value is -2.16. The quantitative estimate of drug-likeness (QED) is 0.784. The number of rotatable bonds is 2. The van der Waals surface area contributed by atoms with Crippen LogP contribution in [0.2, 0.25) is 0 Å². The van der Waals surface area contributed by atoms with E-state index in [1.165, 1.54) is 6.07 Å². The molecule has 16 heavy (non-hydrogen) atoms. The summed E-state index contributed by atoms with van der Waals surface area (Å²) < 4.78 is 29.6. The minimum absolute atomic E-state index is 0.367. The van der Waals surface area contributed by atoms with Crippen molar-refractivity contribution in [3.8, 4) is 11.8 Å². The molecule has 0 aliphatic carbocycles. The number of hydrogen-bond acceptors (Lipinski definition) is 4. The molecule has 1 aromatic carbocycles. The number of benzene rings is 1. The van der Waals surface area contributed by atoms with E-state index in [4.69, 9.17) is 5.26 Å². The SMILES string of the molecule is COC(=O)c1c(O)ccc(C#N)c1C(F)F. The van der Waals surface area contributed by atoms with Crippen LogP contribution in [-0.4, -0.2) is 18.2 Å². The van der Waals surface area contributed by atoms with E-state index in [0.717, 1.165) is 19.2 Å². The van der Waals surface area contributed by atoms with E-state index in [9.17, 15) is 18.7 Å². The van der Waals surface area contributed by atoms with Gasteiger partial charge < -0.3 is 9.84 Å². The van der Waals surface area contributed by atoms with Gasteiger partial charge in [0.2, 0.25) is 0 Å². The van der Waals surface area contributed by atoms with Crippen LogP contribution in [0.3, 0.4) is 0 Å². The molecule has 0 radical (unpaired) electrons. The number of ether oxygens (including phenoxy) is 1. The van der Waals surface area contributed by atoms with Crippen LogP contribution in [0.25, 0.3) is 0 Å². The van der Waals surface area contributed by atoms with E-state index in [0.29, 0.717) is 0 Å². The summed E-state index contributed by atoms with van der Waals surface area (Å²) in [5.41, 5.74) is -1.85. The number of carbonyl (C=O) groups excluding carboxylic acids is 1. The standard InChI is InChI=1S/C10H7F2NO3/c1-16-10(15)8-6(14)3-2-5(4-13)7(8)9(11)12/h2-3,9,14H,1H3. The fourth-order valence-corrected chi connectivity index (χ4v) is 1.25. The lowest BCUT2D eigenvalue weighted by Gasteiger charge is -2.10. The molecule has 6 heteroatoms. The molecule has 0 bridgehead atoms. The van der Waals surface area contributed by atoms with Gasteiger partial charge in [-0.1, -0.05) is 0 Å². The fourth-order valence-electron chi connectivity index (χ4n) is 1.25. The molecule has 1 rings (SSSR count). The second-order valence-corrected chi connectivity index (χ2v) is 2.83. The van der Waals surface area contributed by atoms with Crippen molar-refractivity contribution in [3.63, 3.8) is 0 Å². The smallest absolute Gasteiger partial charge is 0.342 e. The first-order valence-corrected chi connectivity index (χ1v) is 4.15. The number of carbonyl (C=O) groups is 1. The molecule has 0 saturated heterocycles. The van der Waals surface area contributed by atoms with E-state index in [-0.39, 0.29) is 5.56 Å². The van der Waals surface area contributed by atoms with E-state index in [1.807, 2.05) is 0 Å². The maximum absolute atomic E-state index is 12.7. The van der Waals surface area contributed by atoms with Crippen molar-refractivity contribution in [3.05, 3.63) is 28.8 Å². The summed E-state index contributed by atoms with van der Waals surface area (Å²) in [5.74, 6) is -1.74. The maximum atomic E-state index is 12.7. The number of halogens is 2. The lowest BCUT2D eigenvalue weighted by molar-refractivity contribution is 0.0585. The monoisotopic (exact) mass is 227 g/mol. The average molecular weight is 227 g/mol. The number of phenols is 1. The first kappa shape index (κ1) is 11.9. The number of methoxy groups -OCH3 is 1. The Bertz CT molecular complexity index is 466. The van der Waals surface area contributed by atoms with Crippen LogP contribution in [0.5, 0.6) is 5.75 Å². The van der Waals surface area contributed by atoms with Crippen LogP contribution in [0.1, 0.15) is 27.9 Å². The van der Waals surface area contributed by atoms with Crippen LogP contribution >= 0.6 is 0 Å². The van der Waals surface area contributed by atoms with Crippen molar-refractivity contribution in [2.75, 3.05) is 7.11 Å². The summed E-state index contributed by atoms with van der Waals surface area (Å²) in [4.78, 5) is 11.2. The zero-order chi connectivity index (χ0) is 12.3. The highest BCUT2D eigenvalue weighted by Crippen LogP contribution is 2.32. The Labute approximate surface area is 89.7 Å². The van der Waals surface area contributed by atoms with E-state index >= 15 is 0 Å². The molecule has 1 aromatic rings. The highest BCUT2D eigenvalue weighted by Gasteiger charge is 2.26. The van der Waals surface area contributed by atoms with Crippen LogP contribution in [-0.2, 0) is 4.74 Å². The molecule has 0 aliphatic rings. The van der Waals surface area contributed by atoms with Crippen molar-refractivity contribution in [2.45, 2.75) is 6.43 Å². The Kier molecular flexibility index (Phi) is 3.40. The number of esters is 1. The summed E-state index contributed by atoms with van der Waals surface area (Å²) in [6.07, 6.45) is -3.05. The highest BCUT2D eigenvalue weighted by atomic mass is 19.3. The first-order chi connectivity index (χ1) is 7.52. The Morgan fingerprint density at radius 3 is 2.62 bits per heavy atom. The highest BCUT2D eigenvalue weighted by molar-refractivity contribution is 5.94. The third-order valence-corrected chi connectivity index (χ3v) is 1.95. The van der Waals surface area contributed by atoms with Crippen molar-refractivity contribution >= 4 is 5.97 Å². The number of hydrogen-bond donors (Lipinski definition) is 1. The summed E-state index contributed by atoms with van der Waals surface area (Å²) >= 11 is 0. The third-order valence-electron chi connectivity index (χ3n) is 1.95. The second kappa shape index (κ2) is 4.57. The average Bonchev–Trinajstić information content (AvgIpc) is 2.27. The van der Waals surface area contributed by atoms with E-state index < -0.39 is 29.3 Å². The molecule has 0 spiro atoms. The van der Waals surface area contributed by atoms with Crippen molar-refractivity contribution < 1.29 is 23.4 Å². The zero-order valence-electron chi connectivity index (χ0n) is 8.20. The topological polar surface area (TPSA) is 70.3 Å². The molecule has 0 aromatic heterocycles. The van der Waals surface area contributed by atoms with Gasteiger partial charge in [0.15, 0.2) is 0 Å². The van der Waals surface area contributed by atoms with Gasteiger partial charge in [-0.2, -0.15) is 5.26 Å². The van der Waals surface area contributed by atoms with Gasteiger partial charge in [0.25, 0.3) is 6.43 Å². The minimum Gasteiger partial charge on any atom is -0.507 e. The summed E-state index contributed by atoms with van der Waals surface area (Å²) in [5, 5.41) is 17.9. The number of nitriles is 1. The number of nitrogens with zero attached hydrogens (tertiary/aromatic N) is 1. The lowest BCUT2D eigenvalue weighted by atomic mass is 10.0. The van der Waals surface area contributed by atoms with Crippen molar-refractivity contribution in [1.29, 1.82) is 5.26 Å². The first-order valence-electron chi connectivity index (χ1n) is 4.15. The van der Waals surface area contributed by atoms with Crippen molar-refractivity contribution in [2.24, 2.45) is 0 Å². The molecule has 0 unspecified atom stereocenters. The third kappa shape index (κ3) is 1.93. The second-order valence-electron chi connectivity index (χ2n) is 2.83. The van der Waals surface area contributed by atoms with E-state index in [1.54, 1.807) is 0 Å². The molecule has 0 heterocycles. The van der Waals surface area contributed by atoms with Gasteiger partial charge >= 0.3 is 5.97 Å². The molecule has 84 valence electrons. The van der Waals surface area contributed by atoms with Gasteiger partial charge in [0, 0.05) is 0 Å². The van der Waals surface area contributed by atoms with Crippen LogP contribution in [0.4, 0.5) is 8.78 Å². The molecule has 0 atom stereocenters. The normalized spacial score (nSPS) is 9.94. The molecular formula is C10H7F2NO3. The summed E-state index contributed by atoms with van der Waals surface area (Å²) in [7, 11) is 0.996. The molecule has 0 aliphatic heterocycles. The minimum atomic E-state index is -3.05. The summed E-state index contributed by atoms with van der Waals surface area (Å²) in [6.45, 7) is 0. The van der Waals surface area contributed by atoms with Crippen molar-refractivity contribution in [1.82, 2.24) is 0 Å². The Morgan fingerprint density at radius 2 is 2.19 bits per heavy atom.